The molecule has 3 nitrogen and oxygen atoms in total. The van der Waals surface area contributed by atoms with Gasteiger partial charge < -0.3 is 14.1 Å². The zero-order valence-corrected chi connectivity index (χ0v) is 29.6. The van der Waals surface area contributed by atoms with Crippen LogP contribution in [-0.2, 0) is 0 Å². The highest BCUT2D eigenvalue weighted by Gasteiger charge is 2.16. The molecule has 11 aromatic rings. The van der Waals surface area contributed by atoms with Crippen molar-refractivity contribution in [2.75, 3.05) is 0 Å². The SMILES string of the molecule is Cc1cccc(-n2c3ccccc3c3cc(-c4ccc5[nH]c6ccc(-c7ccc8c(c7)c7ccccc7n8-c7cccc(C)c7)cc6c5c4)ccc32)c1. The van der Waals surface area contributed by atoms with Crippen LogP contribution in [0.4, 0.5) is 0 Å². The molecule has 0 radical (unpaired) electrons. The minimum atomic E-state index is 1.15. The fraction of sp³-hybridized carbons (Fsp3) is 0.0400. The van der Waals surface area contributed by atoms with Gasteiger partial charge >= 0.3 is 0 Å². The number of fused-ring (bicyclic) bond motifs is 9. The summed E-state index contributed by atoms with van der Waals surface area (Å²) in [6.45, 7) is 4.31. The fourth-order valence-electron chi connectivity index (χ4n) is 8.65. The van der Waals surface area contributed by atoms with E-state index in [4.69, 9.17) is 0 Å². The number of para-hydroxylation sites is 2. The Kier molecular flexibility index (Phi) is 6.38. The molecule has 0 aliphatic rings. The quantitative estimate of drug-likeness (QED) is 0.192. The molecule has 0 aliphatic carbocycles. The van der Waals surface area contributed by atoms with E-state index in [0.29, 0.717) is 0 Å². The second-order valence-electron chi connectivity index (χ2n) is 14.5. The number of hydrogen-bond acceptors (Lipinski definition) is 0. The summed E-state index contributed by atoms with van der Waals surface area (Å²) in [5, 5.41) is 7.53. The molecule has 0 amide bonds. The van der Waals surface area contributed by atoms with E-state index in [1.165, 1.54) is 99.1 Å². The Hall–Kier alpha value is -6.84. The normalized spacial score (nSPS) is 12.0. The van der Waals surface area contributed by atoms with Crippen molar-refractivity contribution in [2.45, 2.75) is 13.8 Å². The van der Waals surface area contributed by atoms with Gasteiger partial charge in [0.05, 0.1) is 22.1 Å². The molecule has 0 bridgehead atoms. The molecule has 250 valence electrons. The summed E-state index contributed by atoms with van der Waals surface area (Å²) in [6, 6.07) is 62.6. The van der Waals surface area contributed by atoms with Crippen LogP contribution in [0.2, 0.25) is 0 Å². The van der Waals surface area contributed by atoms with Crippen LogP contribution in [0.15, 0.2) is 170 Å². The number of aryl methyl sites for hydroxylation is 2. The van der Waals surface area contributed by atoms with E-state index in [9.17, 15) is 0 Å². The number of aromatic amines is 1. The van der Waals surface area contributed by atoms with Crippen molar-refractivity contribution in [1.82, 2.24) is 14.1 Å². The van der Waals surface area contributed by atoms with E-state index in [0.717, 1.165) is 11.0 Å². The van der Waals surface area contributed by atoms with Gasteiger partial charge in [0.1, 0.15) is 0 Å². The lowest BCUT2D eigenvalue weighted by molar-refractivity contribution is 1.17. The van der Waals surface area contributed by atoms with E-state index in [-0.39, 0.29) is 0 Å². The fourth-order valence-corrected chi connectivity index (χ4v) is 8.65. The van der Waals surface area contributed by atoms with Crippen LogP contribution in [0.5, 0.6) is 0 Å². The lowest BCUT2D eigenvalue weighted by Gasteiger charge is -2.09. The molecule has 53 heavy (non-hydrogen) atoms. The molecule has 0 spiro atoms. The summed E-state index contributed by atoms with van der Waals surface area (Å²) in [5.41, 5.74) is 16.9. The Morgan fingerprint density at radius 1 is 0.321 bits per heavy atom. The number of hydrogen-bond donors (Lipinski definition) is 1. The van der Waals surface area contributed by atoms with Crippen LogP contribution in [0.3, 0.4) is 0 Å². The Balaban J connectivity index is 1.04. The van der Waals surface area contributed by atoms with Crippen molar-refractivity contribution < 1.29 is 0 Å². The molecule has 0 saturated carbocycles. The molecule has 0 unspecified atom stereocenters. The van der Waals surface area contributed by atoms with E-state index in [1.54, 1.807) is 0 Å². The molecule has 3 heteroatoms. The first-order valence-corrected chi connectivity index (χ1v) is 18.3. The van der Waals surface area contributed by atoms with Gasteiger partial charge in [0.15, 0.2) is 0 Å². The number of nitrogens with one attached hydrogen (secondary N) is 1. The average molecular weight is 678 g/mol. The third-order valence-corrected chi connectivity index (χ3v) is 11.1. The minimum absolute atomic E-state index is 1.15. The average Bonchev–Trinajstić information content (AvgIpc) is 3.84. The summed E-state index contributed by atoms with van der Waals surface area (Å²) in [6.07, 6.45) is 0. The van der Waals surface area contributed by atoms with Crippen molar-refractivity contribution in [3.05, 3.63) is 181 Å². The molecule has 3 heterocycles. The second kappa shape index (κ2) is 11.3. The number of nitrogens with zero attached hydrogens (tertiary/aromatic N) is 2. The van der Waals surface area contributed by atoms with E-state index >= 15 is 0 Å². The van der Waals surface area contributed by atoms with E-state index in [2.05, 4.69) is 198 Å². The van der Waals surface area contributed by atoms with Crippen molar-refractivity contribution in [1.29, 1.82) is 0 Å². The van der Waals surface area contributed by atoms with Crippen molar-refractivity contribution in [3.63, 3.8) is 0 Å². The Morgan fingerprint density at radius 3 is 1.17 bits per heavy atom. The third kappa shape index (κ3) is 4.60. The highest BCUT2D eigenvalue weighted by Crippen LogP contribution is 2.39. The smallest absolute Gasteiger partial charge is 0.0541 e. The van der Waals surface area contributed by atoms with Gasteiger partial charge in [0, 0.05) is 54.7 Å². The molecule has 8 aromatic carbocycles. The van der Waals surface area contributed by atoms with E-state index < -0.39 is 0 Å². The first kappa shape index (κ1) is 29.8. The van der Waals surface area contributed by atoms with Crippen molar-refractivity contribution >= 4 is 65.4 Å². The zero-order chi connectivity index (χ0) is 35.2. The van der Waals surface area contributed by atoms with Crippen LogP contribution in [-0.4, -0.2) is 14.1 Å². The summed E-state index contributed by atoms with van der Waals surface area (Å²) in [5.74, 6) is 0. The molecule has 0 fully saturated rings. The van der Waals surface area contributed by atoms with Gasteiger partial charge in [-0.15, -0.1) is 0 Å². The predicted molar refractivity (Wildman–Crippen MR) is 225 cm³/mol. The first-order valence-electron chi connectivity index (χ1n) is 18.3. The van der Waals surface area contributed by atoms with Gasteiger partial charge in [0.2, 0.25) is 0 Å². The first-order chi connectivity index (χ1) is 26.1. The molecular formula is C50H35N3. The molecular weight excluding hydrogens is 643 g/mol. The molecule has 3 aromatic heterocycles. The zero-order valence-electron chi connectivity index (χ0n) is 29.6. The lowest BCUT2D eigenvalue weighted by atomic mass is 9.98. The number of aromatic nitrogens is 3. The lowest BCUT2D eigenvalue weighted by Crippen LogP contribution is -1.94. The topological polar surface area (TPSA) is 25.6 Å². The van der Waals surface area contributed by atoms with E-state index in [1.807, 2.05) is 0 Å². The van der Waals surface area contributed by atoms with Crippen LogP contribution in [0.1, 0.15) is 11.1 Å². The highest BCUT2D eigenvalue weighted by molar-refractivity contribution is 6.13. The molecule has 0 saturated heterocycles. The Bertz CT molecular complexity index is 3040. The summed E-state index contributed by atoms with van der Waals surface area (Å²) >= 11 is 0. The Morgan fingerprint density at radius 2 is 0.717 bits per heavy atom. The number of H-pyrrole nitrogens is 1. The van der Waals surface area contributed by atoms with Gasteiger partial charge in [-0.3, -0.25) is 0 Å². The van der Waals surface area contributed by atoms with Crippen LogP contribution >= 0.6 is 0 Å². The molecule has 1 N–H and O–H groups in total. The van der Waals surface area contributed by atoms with Crippen molar-refractivity contribution in [2.24, 2.45) is 0 Å². The van der Waals surface area contributed by atoms with Gasteiger partial charge in [0.25, 0.3) is 0 Å². The maximum atomic E-state index is 3.69. The molecule has 0 atom stereocenters. The van der Waals surface area contributed by atoms with Gasteiger partial charge in [-0.2, -0.15) is 0 Å². The maximum absolute atomic E-state index is 3.69. The highest BCUT2D eigenvalue weighted by atomic mass is 15.0. The Labute approximate surface area is 307 Å². The third-order valence-electron chi connectivity index (χ3n) is 11.1. The van der Waals surface area contributed by atoms with Crippen molar-refractivity contribution in [3.8, 4) is 33.6 Å². The maximum Gasteiger partial charge on any atom is 0.0541 e. The summed E-state index contributed by atoms with van der Waals surface area (Å²) < 4.78 is 4.78. The van der Waals surface area contributed by atoms with Crippen LogP contribution in [0, 0.1) is 13.8 Å². The molecule has 0 aliphatic heterocycles. The van der Waals surface area contributed by atoms with Crippen LogP contribution in [0.25, 0.3) is 99.0 Å². The van der Waals surface area contributed by atoms with Gasteiger partial charge in [-0.05, 0) is 132 Å². The second-order valence-corrected chi connectivity index (χ2v) is 14.5. The number of benzene rings is 8. The standard InChI is InChI=1S/C50H35N3/c1-31-9-7-11-37(25-31)52-47-15-5-3-13-39(47)43-29-35(19-23-49(43)52)33-17-21-45-41(27-33)42-28-34(18-22-46(42)51-45)36-20-24-50-44(30-36)40-14-4-6-16-48(40)53(50)38-12-8-10-32(2)26-38/h3-30,51H,1-2H3. The molecule has 11 rings (SSSR count). The monoisotopic (exact) mass is 677 g/mol. The summed E-state index contributed by atoms with van der Waals surface area (Å²) in [4.78, 5) is 3.69. The number of rotatable bonds is 4. The van der Waals surface area contributed by atoms with Gasteiger partial charge in [-0.1, -0.05) is 84.9 Å². The minimum Gasteiger partial charge on any atom is -0.355 e. The van der Waals surface area contributed by atoms with Crippen LogP contribution < -0.4 is 0 Å². The predicted octanol–water partition coefficient (Wildman–Crippen LogP) is 13.5. The summed E-state index contributed by atoms with van der Waals surface area (Å²) in [7, 11) is 0. The van der Waals surface area contributed by atoms with Gasteiger partial charge in [-0.25, -0.2) is 0 Å². The largest absolute Gasteiger partial charge is 0.355 e.